The smallest absolute Gasteiger partial charge is 0.396 e. The van der Waals surface area contributed by atoms with Crippen molar-refractivity contribution in [2.75, 3.05) is 6.61 Å². The number of aliphatic hydroxyl groups excluding tert-OH is 1. The summed E-state index contributed by atoms with van der Waals surface area (Å²) in [7, 11) is -16.9. The van der Waals surface area contributed by atoms with Gasteiger partial charge in [-0.2, -0.15) is 13.0 Å². The van der Waals surface area contributed by atoms with E-state index in [-0.39, 0.29) is 4.77 Å². The van der Waals surface area contributed by atoms with Crippen molar-refractivity contribution in [2.24, 2.45) is 11.8 Å². The summed E-state index contributed by atoms with van der Waals surface area (Å²) in [6.45, 7) is 0.744. The van der Waals surface area contributed by atoms with Gasteiger partial charge in [-0.25, -0.2) is 13.7 Å². The van der Waals surface area contributed by atoms with E-state index >= 15 is 0 Å². The van der Waals surface area contributed by atoms with Crippen molar-refractivity contribution < 1.29 is 60.6 Å². The van der Waals surface area contributed by atoms with Crippen LogP contribution in [0.4, 0.5) is 4.39 Å². The fraction of sp³-hybridized carbons (Fsp3) is 0.600. The van der Waals surface area contributed by atoms with Gasteiger partial charge in [-0.05, 0) is 12.2 Å². The maximum absolute atomic E-state index is 13.6. The Kier molecular flexibility index (Phi) is 7.75. The van der Waals surface area contributed by atoms with Crippen molar-refractivity contribution in [2.45, 2.75) is 19.4 Å². The topological polar surface area (TPSA) is 227 Å². The van der Waals surface area contributed by atoms with E-state index in [1.54, 1.807) is 0 Å². The molecule has 1 aromatic rings. The fourth-order valence-electron chi connectivity index (χ4n) is 2.58. The Labute approximate surface area is 171 Å². The number of phosphoric ester groups is 1. The molecule has 1 fully saturated rings. The molecule has 1 aromatic heterocycles. The predicted octanol–water partition coefficient (Wildman–Crippen LogP) is 0.488. The number of aromatic amines is 1. The standard InChI is InChI=1S/C10H16FN2O13P3S/c1-4-5(3-14)9(23-8(4)13-2-6(11)7(15)12-10(13)30)24-28(19,20)26-29(21,22)25-27(16,17)18/h2,4-5,8-9,14H,3H2,1H3,(H,19,20)(H,21,22)(H,12,15,30)(H2,16,17,18)/t4?,5?,8-,9-/m1/s1. The summed E-state index contributed by atoms with van der Waals surface area (Å²) in [6, 6.07) is 0. The quantitative estimate of drug-likeness (QED) is 0.204. The molecule has 2 heterocycles. The zero-order chi connectivity index (χ0) is 23.1. The van der Waals surface area contributed by atoms with Crippen molar-refractivity contribution in [1.29, 1.82) is 0 Å². The van der Waals surface area contributed by atoms with Gasteiger partial charge in [0.05, 0.1) is 12.8 Å². The number of halogens is 1. The molecule has 2 rings (SSSR count). The fourth-order valence-corrected chi connectivity index (χ4v) is 5.95. The number of hydrogen-bond acceptors (Lipinski definition) is 10. The monoisotopic (exact) mass is 516 g/mol. The van der Waals surface area contributed by atoms with Gasteiger partial charge in [0.25, 0.3) is 5.56 Å². The van der Waals surface area contributed by atoms with Gasteiger partial charge in [-0.3, -0.25) is 18.9 Å². The van der Waals surface area contributed by atoms with Crippen LogP contribution in [0.2, 0.25) is 0 Å². The molecular weight excluding hydrogens is 500 g/mol. The number of nitrogens with one attached hydrogen (secondary N) is 1. The van der Waals surface area contributed by atoms with Crippen LogP contribution in [0.15, 0.2) is 11.0 Å². The van der Waals surface area contributed by atoms with Crippen molar-refractivity contribution in [3.63, 3.8) is 0 Å². The van der Waals surface area contributed by atoms with Crippen LogP contribution in [-0.4, -0.2) is 47.1 Å². The highest BCUT2D eigenvalue weighted by atomic mass is 32.1. The third-order valence-corrected chi connectivity index (χ3v) is 7.92. The zero-order valence-corrected chi connectivity index (χ0v) is 18.2. The Morgan fingerprint density at radius 3 is 2.37 bits per heavy atom. The molecule has 0 spiro atoms. The molecule has 20 heteroatoms. The maximum Gasteiger partial charge on any atom is 0.490 e. The van der Waals surface area contributed by atoms with Gasteiger partial charge in [0.1, 0.15) is 6.23 Å². The molecule has 1 aliphatic heterocycles. The minimum atomic E-state index is -5.76. The summed E-state index contributed by atoms with van der Waals surface area (Å²) >= 11 is 4.90. The summed E-state index contributed by atoms with van der Waals surface area (Å²) in [6.07, 6.45) is -2.32. The molecule has 0 radical (unpaired) electrons. The summed E-state index contributed by atoms with van der Waals surface area (Å²) in [5, 5.41) is 9.55. The number of hydrogen-bond donors (Lipinski definition) is 6. The zero-order valence-electron chi connectivity index (χ0n) is 14.7. The Hall–Kier alpha value is -0.640. The molecule has 4 unspecified atom stereocenters. The summed E-state index contributed by atoms with van der Waals surface area (Å²) in [5.41, 5.74) is -1.11. The minimum Gasteiger partial charge on any atom is -0.396 e. The van der Waals surface area contributed by atoms with Crippen LogP contribution in [0, 0.1) is 22.4 Å². The first-order chi connectivity index (χ1) is 13.6. The summed E-state index contributed by atoms with van der Waals surface area (Å²) in [4.78, 5) is 49.2. The maximum atomic E-state index is 13.6. The summed E-state index contributed by atoms with van der Waals surface area (Å²) < 4.78 is 65.5. The third-order valence-electron chi connectivity index (χ3n) is 3.81. The number of aliphatic hydroxyl groups is 1. The summed E-state index contributed by atoms with van der Waals surface area (Å²) in [5.74, 6) is -3.09. The van der Waals surface area contributed by atoms with Crippen molar-refractivity contribution >= 4 is 35.7 Å². The Morgan fingerprint density at radius 2 is 1.83 bits per heavy atom. The van der Waals surface area contributed by atoms with Gasteiger partial charge in [0.2, 0.25) is 5.82 Å². The number of H-pyrrole nitrogens is 1. The van der Waals surface area contributed by atoms with Gasteiger partial charge in [-0.15, -0.1) is 0 Å². The second-order valence-corrected chi connectivity index (χ2v) is 10.7. The molecule has 30 heavy (non-hydrogen) atoms. The predicted molar refractivity (Wildman–Crippen MR) is 94.4 cm³/mol. The third kappa shape index (κ3) is 6.43. The lowest BCUT2D eigenvalue weighted by atomic mass is 9.95. The Morgan fingerprint density at radius 1 is 1.23 bits per heavy atom. The largest absolute Gasteiger partial charge is 0.490 e. The van der Waals surface area contributed by atoms with Gasteiger partial charge < -0.3 is 29.4 Å². The van der Waals surface area contributed by atoms with Crippen LogP contribution in [-0.2, 0) is 31.6 Å². The van der Waals surface area contributed by atoms with E-state index in [9.17, 15) is 37.8 Å². The van der Waals surface area contributed by atoms with Crippen LogP contribution >= 0.6 is 35.7 Å². The SMILES string of the molecule is CC1C(CO)[C@@H](OP(=O)(O)OP(=O)(O)OP(=O)(O)O)O[C@H]1n1cc(F)c(=O)[nH]c1=S. The van der Waals surface area contributed by atoms with Gasteiger partial charge in [-0.1, -0.05) is 6.92 Å². The normalized spacial score (nSPS) is 28.8. The molecule has 0 aliphatic carbocycles. The molecule has 1 aliphatic rings. The molecule has 0 amide bonds. The van der Waals surface area contributed by atoms with Crippen LogP contribution in [0.3, 0.4) is 0 Å². The lowest BCUT2D eigenvalue weighted by molar-refractivity contribution is -0.125. The molecular formula is C10H16FN2O13P3S. The minimum absolute atomic E-state index is 0.283. The van der Waals surface area contributed by atoms with E-state index in [4.69, 9.17) is 26.7 Å². The number of nitrogens with zero attached hydrogens (tertiary/aromatic N) is 1. The lowest BCUT2D eigenvalue weighted by Gasteiger charge is -2.22. The van der Waals surface area contributed by atoms with Crippen molar-refractivity contribution in [3.8, 4) is 0 Å². The van der Waals surface area contributed by atoms with E-state index in [0.717, 1.165) is 4.57 Å². The first-order valence-corrected chi connectivity index (χ1v) is 12.6. The van der Waals surface area contributed by atoms with Crippen LogP contribution in [0.25, 0.3) is 0 Å². The molecule has 0 bridgehead atoms. The van der Waals surface area contributed by atoms with Crippen LogP contribution in [0.5, 0.6) is 0 Å². The number of rotatable bonds is 8. The molecule has 0 aromatic carbocycles. The van der Waals surface area contributed by atoms with E-state index in [1.807, 2.05) is 4.98 Å². The highest BCUT2D eigenvalue weighted by Gasteiger charge is 2.49. The van der Waals surface area contributed by atoms with Crippen LogP contribution < -0.4 is 5.56 Å². The second-order valence-electron chi connectivity index (χ2n) is 5.94. The molecule has 1 saturated heterocycles. The van der Waals surface area contributed by atoms with E-state index in [2.05, 4.69) is 13.1 Å². The highest BCUT2D eigenvalue weighted by molar-refractivity contribution is 7.71. The lowest BCUT2D eigenvalue weighted by Crippen LogP contribution is -2.25. The number of ether oxygens (including phenoxy) is 1. The van der Waals surface area contributed by atoms with Crippen molar-refractivity contribution in [3.05, 3.63) is 27.1 Å². The Bertz CT molecular complexity index is 1050. The molecule has 6 atom stereocenters. The first kappa shape index (κ1) is 25.6. The average molecular weight is 516 g/mol. The molecule has 0 saturated carbocycles. The van der Waals surface area contributed by atoms with Crippen LogP contribution in [0.1, 0.15) is 13.2 Å². The van der Waals surface area contributed by atoms with E-state index < -0.39 is 65.8 Å². The van der Waals surface area contributed by atoms with Gasteiger partial charge >= 0.3 is 23.5 Å². The highest BCUT2D eigenvalue weighted by Crippen LogP contribution is 2.67. The van der Waals surface area contributed by atoms with Crippen molar-refractivity contribution in [1.82, 2.24) is 9.55 Å². The van der Waals surface area contributed by atoms with Gasteiger partial charge in [0, 0.05) is 11.8 Å². The number of aromatic nitrogens is 2. The molecule has 172 valence electrons. The Balaban J connectivity index is 2.26. The molecule has 15 nitrogen and oxygen atoms in total. The first-order valence-electron chi connectivity index (χ1n) is 7.65. The molecule has 6 N–H and O–H groups in total. The van der Waals surface area contributed by atoms with E-state index in [1.165, 1.54) is 6.92 Å². The van der Waals surface area contributed by atoms with E-state index in [0.29, 0.717) is 6.20 Å². The second kappa shape index (κ2) is 9.08. The number of phosphoric acid groups is 3. The van der Waals surface area contributed by atoms with Gasteiger partial charge in [0.15, 0.2) is 11.1 Å². The average Bonchev–Trinajstić information content (AvgIpc) is 2.81.